The number of aromatic nitrogens is 1. The summed E-state index contributed by atoms with van der Waals surface area (Å²) in [5.74, 6) is -0.366. The van der Waals surface area contributed by atoms with Crippen molar-refractivity contribution in [1.82, 2.24) is 10.3 Å². The fourth-order valence-corrected chi connectivity index (χ4v) is 2.73. The monoisotopic (exact) mass is 333 g/mol. The van der Waals surface area contributed by atoms with Crippen LogP contribution in [0.1, 0.15) is 31.3 Å². The Bertz CT molecular complexity index is 705. The first-order valence-electron chi connectivity index (χ1n) is 7.08. The molecule has 1 aromatic heterocycles. The number of ether oxygens (including phenoxy) is 1. The van der Waals surface area contributed by atoms with Crippen LogP contribution in [-0.4, -0.2) is 29.6 Å². The Morgan fingerprint density at radius 3 is 2.39 bits per heavy atom. The first-order valence-corrected chi connectivity index (χ1v) is 7.90. The molecule has 0 spiro atoms. The molecular weight excluding hydrogens is 314 g/mol. The molecule has 0 radical (unpaired) electrons. The fraction of sp³-hybridized carbons (Fsp3) is 0.312. The molecule has 0 atom stereocenters. The van der Waals surface area contributed by atoms with Gasteiger partial charge < -0.3 is 10.1 Å². The second-order valence-electron chi connectivity index (χ2n) is 5.77. The second kappa shape index (κ2) is 6.78. The van der Waals surface area contributed by atoms with E-state index in [4.69, 9.17) is 4.74 Å². The van der Waals surface area contributed by atoms with Gasteiger partial charge in [0.2, 0.25) is 0 Å². The van der Waals surface area contributed by atoms with Crippen LogP contribution in [0.5, 0.6) is 0 Å². The minimum Gasteiger partial charge on any atom is -0.444 e. The zero-order chi connectivity index (χ0) is 17.0. The van der Waals surface area contributed by atoms with Crippen LogP contribution in [-0.2, 0) is 4.74 Å². The van der Waals surface area contributed by atoms with Crippen LogP contribution >= 0.6 is 11.3 Å². The lowest BCUT2D eigenvalue weighted by Crippen LogP contribution is -2.28. The number of amides is 2. The molecule has 6 nitrogen and oxygen atoms in total. The summed E-state index contributed by atoms with van der Waals surface area (Å²) in [4.78, 5) is 28.3. The third-order valence-electron chi connectivity index (χ3n) is 2.70. The highest BCUT2D eigenvalue weighted by atomic mass is 32.1. The normalized spacial score (nSPS) is 11.0. The predicted molar refractivity (Wildman–Crippen MR) is 90.8 cm³/mol. The van der Waals surface area contributed by atoms with Crippen LogP contribution in [0.2, 0.25) is 0 Å². The number of nitrogens with one attached hydrogen (secondary N) is 2. The molecule has 1 aromatic carbocycles. The Hall–Kier alpha value is -2.41. The molecule has 122 valence electrons. The van der Waals surface area contributed by atoms with Crippen molar-refractivity contribution >= 4 is 28.3 Å². The topological polar surface area (TPSA) is 80.3 Å². The summed E-state index contributed by atoms with van der Waals surface area (Å²) in [6, 6.07) is 9.46. The summed E-state index contributed by atoms with van der Waals surface area (Å²) >= 11 is 1.23. The molecule has 0 fully saturated rings. The van der Waals surface area contributed by atoms with Crippen molar-refractivity contribution < 1.29 is 14.3 Å². The predicted octanol–water partition coefficient (Wildman–Crippen LogP) is 3.52. The average molecular weight is 333 g/mol. The summed E-state index contributed by atoms with van der Waals surface area (Å²) in [6.45, 7) is 5.32. The minimum atomic E-state index is -0.621. The van der Waals surface area contributed by atoms with Crippen LogP contribution in [0, 0.1) is 0 Å². The molecule has 23 heavy (non-hydrogen) atoms. The van der Waals surface area contributed by atoms with Crippen LogP contribution < -0.4 is 10.6 Å². The van der Waals surface area contributed by atoms with Crippen LogP contribution in [0.3, 0.4) is 0 Å². The minimum absolute atomic E-state index is 0.169. The maximum Gasteiger partial charge on any atom is 0.412 e. The molecule has 0 unspecified atom stereocenters. The Kier molecular flexibility index (Phi) is 5.00. The molecule has 2 aromatic rings. The quantitative estimate of drug-likeness (QED) is 0.900. The summed E-state index contributed by atoms with van der Waals surface area (Å²) in [7, 11) is 1.52. The van der Waals surface area contributed by atoms with E-state index in [0.717, 1.165) is 5.56 Å². The molecule has 2 N–H and O–H groups in total. The lowest BCUT2D eigenvalue weighted by atomic mass is 10.2. The number of anilines is 1. The van der Waals surface area contributed by atoms with Gasteiger partial charge in [-0.1, -0.05) is 41.7 Å². The zero-order valence-electron chi connectivity index (χ0n) is 13.5. The highest BCUT2D eigenvalue weighted by molar-refractivity contribution is 7.19. The molecule has 2 rings (SSSR count). The van der Waals surface area contributed by atoms with Gasteiger partial charge in [-0.25, -0.2) is 9.78 Å². The van der Waals surface area contributed by atoms with Crippen LogP contribution in [0.15, 0.2) is 30.3 Å². The van der Waals surface area contributed by atoms with E-state index in [1.807, 2.05) is 30.3 Å². The largest absolute Gasteiger partial charge is 0.444 e. The second-order valence-corrected chi connectivity index (χ2v) is 6.77. The molecule has 0 saturated heterocycles. The van der Waals surface area contributed by atoms with Gasteiger partial charge in [-0.05, 0) is 20.8 Å². The summed E-state index contributed by atoms with van der Waals surface area (Å²) in [5.41, 5.74) is 0.423. The number of nitrogens with zero attached hydrogens (tertiary/aromatic N) is 1. The van der Waals surface area contributed by atoms with E-state index in [1.54, 1.807) is 20.8 Å². The lowest BCUT2D eigenvalue weighted by Gasteiger charge is -2.19. The van der Waals surface area contributed by atoms with E-state index < -0.39 is 11.7 Å². The van der Waals surface area contributed by atoms with Gasteiger partial charge in [0, 0.05) is 12.6 Å². The van der Waals surface area contributed by atoms with Gasteiger partial charge in [-0.3, -0.25) is 10.1 Å². The van der Waals surface area contributed by atoms with E-state index in [1.165, 1.54) is 18.4 Å². The molecule has 7 heteroatoms. The maximum atomic E-state index is 12.0. The molecule has 1 heterocycles. The number of benzene rings is 1. The third kappa shape index (κ3) is 4.53. The molecule has 0 bridgehead atoms. The fourth-order valence-electron chi connectivity index (χ4n) is 1.78. The van der Waals surface area contributed by atoms with E-state index >= 15 is 0 Å². The van der Waals surface area contributed by atoms with E-state index in [0.29, 0.717) is 10.0 Å². The van der Waals surface area contributed by atoms with Crippen LogP contribution in [0.25, 0.3) is 10.6 Å². The number of carbonyl (C=O) groups excluding carboxylic acids is 2. The number of carbonyl (C=O) groups is 2. The molecule has 0 aliphatic rings. The summed E-state index contributed by atoms with van der Waals surface area (Å²) in [5, 5.41) is 6.13. The van der Waals surface area contributed by atoms with Crippen molar-refractivity contribution in [1.29, 1.82) is 0 Å². The summed E-state index contributed by atoms with van der Waals surface area (Å²) in [6.07, 6.45) is -0.620. The molecule has 0 aliphatic heterocycles. The number of hydrogen-bond donors (Lipinski definition) is 2. The van der Waals surface area contributed by atoms with Gasteiger partial charge in [0.15, 0.2) is 5.69 Å². The van der Waals surface area contributed by atoms with Gasteiger partial charge in [0.1, 0.15) is 15.6 Å². The molecule has 0 saturated carbocycles. The number of thiazole rings is 1. The van der Waals surface area contributed by atoms with Gasteiger partial charge in [0.25, 0.3) is 5.91 Å². The summed E-state index contributed by atoms with van der Waals surface area (Å²) < 4.78 is 5.22. The van der Waals surface area contributed by atoms with Gasteiger partial charge >= 0.3 is 6.09 Å². The Morgan fingerprint density at radius 1 is 1.17 bits per heavy atom. The smallest absolute Gasteiger partial charge is 0.412 e. The maximum absolute atomic E-state index is 12.0. The Balaban J connectivity index is 2.32. The van der Waals surface area contributed by atoms with Crippen molar-refractivity contribution in [3.63, 3.8) is 0 Å². The lowest BCUT2D eigenvalue weighted by molar-refractivity contribution is 0.0636. The van der Waals surface area contributed by atoms with Crippen molar-refractivity contribution in [2.24, 2.45) is 0 Å². The first kappa shape index (κ1) is 17.0. The Morgan fingerprint density at radius 2 is 1.83 bits per heavy atom. The third-order valence-corrected chi connectivity index (χ3v) is 3.72. The molecule has 0 aliphatic carbocycles. The number of rotatable bonds is 3. The van der Waals surface area contributed by atoms with E-state index in [9.17, 15) is 9.59 Å². The SMILES string of the molecule is CNC(=O)c1nc(-c2ccccc2)sc1NC(=O)OC(C)(C)C. The first-order chi connectivity index (χ1) is 10.8. The van der Waals surface area contributed by atoms with E-state index in [2.05, 4.69) is 15.6 Å². The van der Waals surface area contributed by atoms with Gasteiger partial charge in [-0.2, -0.15) is 0 Å². The zero-order valence-corrected chi connectivity index (χ0v) is 14.3. The standard InChI is InChI=1S/C16H19N3O3S/c1-16(2,3)22-15(21)19-14-11(12(20)17-4)18-13(23-14)10-8-6-5-7-9-10/h5-9H,1-4H3,(H,17,20)(H,19,21). The average Bonchev–Trinajstić information content (AvgIpc) is 2.89. The van der Waals surface area contributed by atoms with Gasteiger partial charge in [-0.15, -0.1) is 0 Å². The highest BCUT2D eigenvalue weighted by Crippen LogP contribution is 2.32. The van der Waals surface area contributed by atoms with Crippen molar-refractivity contribution in [2.45, 2.75) is 26.4 Å². The number of hydrogen-bond acceptors (Lipinski definition) is 5. The van der Waals surface area contributed by atoms with Crippen molar-refractivity contribution in [2.75, 3.05) is 12.4 Å². The molecule has 2 amide bonds. The van der Waals surface area contributed by atoms with Gasteiger partial charge in [0.05, 0.1) is 0 Å². The van der Waals surface area contributed by atoms with Crippen molar-refractivity contribution in [3.8, 4) is 10.6 Å². The highest BCUT2D eigenvalue weighted by Gasteiger charge is 2.22. The van der Waals surface area contributed by atoms with E-state index in [-0.39, 0.29) is 11.6 Å². The Labute approximate surface area is 138 Å². The van der Waals surface area contributed by atoms with Crippen molar-refractivity contribution in [3.05, 3.63) is 36.0 Å². The molecular formula is C16H19N3O3S. The van der Waals surface area contributed by atoms with Crippen LogP contribution in [0.4, 0.5) is 9.80 Å².